The fraction of sp³-hybridized carbons (Fsp3) is 0.500. The molecular weight excluding hydrogens is 217 g/mol. The van der Waals surface area contributed by atoms with Gasteiger partial charge in [-0.15, -0.1) is 0 Å². The Morgan fingerprint density at radius 3 is 2.94 bits per heavy atom. The van der Waals surface area contributed by atoms with Crippen molar-refractivity contribution >= 4 is 6.21 Å². The summed E-state index contributed by atoms with van der Waals surface area (Å²) in [5.74, 6) is 0.0280. The molecular formula is C14H18FNO. The summed E-state index contributed by atoms with van der Waals surface area (Å²) < 4.78 is 12.9. The molecule has 17 heavy (non-hydrogen) atoms. The highest BCUT2D eigenvalue weighted by Gasteiger charge is 2.21. The average Bonchev–Trinajstić information content (AvgIpc) is 2.32. The Bertz CT molecular complexity index is 392. The van der Waals surface area contributed by atoms with Gasteiger partial charge in [0.25, 0.3) is 0 Å². The molecule has 1 aliphatic carbocycles. The van der Waals surface area contributed by atoms with Crippen LogP contribution < -0.4 is 0 Å². The van der Waals surface area contributed by atoms with Crippen molar-refractivity contribution < 1.29 is 9.50 Å². The van der Waals surface area contributed by atoms with E-state index in [9.17, 15) is 9.50 Å². The summed E-state index contributed by atoms with van der Waals surface area (Å²) in [6, 6.07) is 6.37. The van der Waals surface area contributed by atoms with E-state index >= 15 is 0 Å². The zero-order chi connectivity index (χ0) is 12.1. The Morgan fingerprint density at radius 1 is 1.35 bits per heavy atom. The van der Waals surface area contributed by atoms with Crippen LogP contribution in [0.2, 0.25) is 0 Å². The molecule has 1 N–H and O–H groups in total. The fourth-order valence-electron chi connectivity index (χ4n) is 2.28. The maximum absolute atomic E-state index is 12.9. The first-order valence-electron chi connectivity index (χ1n) is 6.19. The van der Waals surface area contributed by atoms with Gasteiger partial charge in [-0.25, -0.2) is 4.39 Å². The van der Waals surface area contributed by atoms with E-state index in [0.29, 0.717) is 6.54 Å². The van der Waals surface area contributed by atoms with E-state index in [2.05, 4.69) is 4.99 Å². The largest absolute Gasteiger partial charge is 0.393 e. The number of benzene rings is 1. The molecule has 0 bridgehead atoms. The van der Waals surface area contributed by atoms with Gasteiger partial charge in [0, 0.05) is 18.7 Å². The molecule has 0 heterocycles. The summed E-state index contributed by atoms with van der Waals surface area (Å²) in [5.41, 5.74) is 0.773. The molecule has 1 saturated carbocycles. The van der Waals surface area contributed by atoms with Crippen LogP contribution in [0.5, 0.6) is 0 Å². The number of hydrogen-bond acceptors (Lipinski definition) is 2. The zero-order valence-corrected chi connectivity index (χ0v) is 9.85. The number of aliphatic imine (C=N–C) groups is 1. The van der Waals surface area contributed by atoms with Gasteiger partial charge >= 0.3 is 0 Å². The van der Waals surface area contributed by atoms with Gasteiger partial charge in [-0.3, -0.25) is 4.99 Å². The maximum atomic E-state index is 12.9. The molecule has 92 valence electrons. The molecule has 0 saturated heterocycles. The van der Waals surface area contributed by atoms with Crippen LogP contribution in [0.4, 0.5) is 4.39 Å². The lowest BCUT2D eigenvalue weighted by Gasteiger charge is -2.25. The van der Waals surface area contributed by atoms with Crippen LogP contribution in [0, 0.1) is 11.7 Å². The van der Waals surface area contributed by atoms with Crippen molar-refractivity contribution in [2.45, 2.75) is 31.8 Å². The van der Waals surface area contributed by atoms with Gasteiger partial charge in [0.05, 0.1) is 6.10 Å². The minimum Gasteiger partial charge on any atom is -0.393 e. The smallest absolute Gasteiger partial charge is 0.123 e. The van der Waals surface area contributed by atoms with Gasteiger partial charge in [-0.05, 0) is 30.5 Å². The first-order valence-corrected chi connectivity index (χ1v) is 6.19. The van der Waals surface area contributed by atoms with Crippen molar-refractivity contribution in [1.82, 2.24) is 0 Å². The van der Waals surface area contributed by atoms with E-state index in [4.69, 9.17) is 0 Å². The molecule has 0 amide bonds. The lowest BCUT2D eigenvalue weighted by Crippen LogP contribution is -2.26. The first kappa shape index (κ1) is 12.2. The summed E-state index contributed by atoms with van der Waals surface area (Å²) in [5, 5.41) is 9.78. The van der Waals surface area contributed by atoms with Crippen LogP contribution in [-0.2, 0) is 0 Å². The zero-order valence-electron chi connectivity index (χ0n) is 9.85. The third kappa shape index (κ3) is 3.63. The summed E-state index contributed by atoms with van der Waals surface area (Å²) in [7, 11) is 0. The molecule has 0 aliphatic heterocycles. The molecule has 2 rings (SSSR count). The van der Waals surface area contributed by atoms with Crippen molar-refractivity contribution in [3.63, 3.8) is 0 Å². The molecule has 1 aromatic rings. The standard InChI is InChI=1S/C14H18FNO/c15-13-6-3-4-11(8-13)9-16-10-12-5-1-2-7-14(12)17/h3-4,6,8-9,12,14,17H,1-2,5,7,10H2/t12-,14+/m1/s1. The molecule has 0 aromatic heterocycles. The fourth-order valence-corrected chi connectivity index (χ4v) is 2.28. The minimum absolute atomic E-state index is 0.214. The number of nitrogens with zero attached hydrogens (tertiary/aromatic N) is 1. The average molecular weight is 235 g/mol. The molecule has 0 spiro atoms. The quantitative estimate of drug-likeness (QED) is 0.803. The molecule has 1 fully saturated rings. The number of aliphatic hydroxyl groups excluding tert-OH is 1. The molecule has 2 nitrogen and oxygen atoms in total. The van der Waals surface area contributed by atoms with Crippen molar-refractivity contribution in [1.29, 1.82) is 0 Å². The summed E-state index contributed by atoms with van der Waals surface area (Å²) in [4.78, 5) is 4.31. The summed E-state index contributed by atoms with van der Waals surface area (Å²) in [6.07, 6.45) is 5.70. The first-order chi connectivity index (χ1) is 8.25. The molecule has 2 atom stereocenters. The number of halogens is 1. The summed E-state index contributed by atoms with van der Waals surface area (Å²) in [6.45, 7) is 0.637. The van der Waals surface area contributed by atoms with E-state index < -0.39 is 0 Å². The number of aliphatic hydroxyl groups is 1. The lowest BCUT2D eigenvalue weighted by atomic mass is 9.87. The highest BCUT2D eigenvalue weighted by atomic mass is 19.1. The van der Waals surface area contributed by atoms with Gasteiger partial charge < -0.3 is 5.11 Å². The number of hydrogen-bond donors (Lipinski definition) is 1. The second-order valence-corrected chi connectivity index (χ2v) is 4.66. The van der Waals surface area contributed by atoms with Crippen molar-refractivity contribution in [2.24, 2.45) is 10.9 Å². The maximum Gasteiger partial charge on any atom is 0.123 e. The van der Waals surface area contributed by atoms with Gasteiger partial charge in [0.15, 0.2) is 0 Å². The predicted molar refractivity (Wildman–Crippen MR) is 66.8 cm³/mol. The van der Waals surface area contributed by atoms with Gasteiger partial charge in [-0.1, -0.05) is 25.0 Å². The van der Waals surface area contributed by atoms with Gasteiger partial charge in [0.2, 0.25) is 0 Å². The Hall–Kier alpha value is -1.22. The second kappa shape index (κ2) is 5.92. The van der Waals surface area contributed by atoms with Crippen molar-refractivity contribution in [3.05, 3.63) is 35.6 Å². The highest BCUT2D eigenvalue weighted by Crippen LogP contribution is 2.24. The van der Waals surface area contributed by atoms with E-state index in [1.165, 1.54) is 18.6 Å². The third-order valence-electron chi connectivity index (χ3n) is 3.30. The van der Waals surface area contributed by atoms with Crippen LogP contribution >= 0.6 is 0 Å². The second-order valence-electron chi connectivity index (χ2n) is 4.66. The SMILES string of the molecule is O[C@H]1CCCC[C@@H]1CN=Cc1cccc(F)c1. The van der Waals surface area contributed by atoms with Crippen molar-refractivity contribution in [2.75, 3.05) is 6.54 Å². The van der Waals surface area contributed by atoms with E-state index in [1.807, 2.05) is 6.07 Å². The molecule has 3 heteroatoms. The van der Waals surface area contributed by atoms with Gasteiger partial charge in [0.1, 0.15) is 5.82 Å². The molecule has 1 aromatic carbocycles. The summed E-state index contributed by atoms with van der Waals surface area (Å²) >= 11 is 0. The van der Waals surface area contributed by atoms with Crippen LogP contribution in [-0.4, -0.2) is 24.0 Å². The van der Waals surface area contributed by atoms with Crippen LogP contribution in [0.1, 0.15) is 31.2 Å². The topological polar surface area (TPSA) is 32.6 Å². The van der Waals surface area contributed by atoms with Crippen molar-refractivity contribution in [3.8, 4) is 0 Å². The molecule has 1 aliphatic rings. The Labute approximate surface area is 101 Å². The van der Waals surface area contributed by atoms with Crippen LogP contribution in [0.25, 0.3) is 0 Å². The Kier molecular flexibility index (Phi) is 4.26. The van der Waals surface area contributed by atoms with Crippen LogP contribution in [0.3, 0.4) is 0 Å². The molecule has 0 unspecified atom stereocenters. The Balaban J connectivity index is 1.88. The lowest BCUT2D eigenvalue weighted by molar-refractivity contribution is 0.0746. The monoisotopic (exact) mass is 235 g/mol. The van der Waals surface area contributed by atoms with E-state index in [1.54, 1.807) is 12.3 Å². The number of rotatable bonds is 3. The highest BCUT2D eigenvalue weighted by molar-refractivity contribution is 5.79. The normalized spacial score (nSPS) is 25.3. The van der Waals surface area contributed by atoms with E-state index in [0.717, 1.165) is 24.8 Å². The minimum atomic E-state index is -0.244. The van der Waals surface area contributed by atoms with E-state index in [-0.39, 0.29) is 17.8 Å². The predicted octanol–water partition coefficient (Wildman–Crippen LogP) is 2.80. The van der Waals surface area contributed by atoms with Gasteiger partial charge in [-0.2, -0.15) is 0 Å². The molecule has 0 radical (unpaired) electrons. The Morgan fingerprint density at radius 2 is 2.18 bits per heavy atom. The third-order valence-corrected chi connectivity index (χ3v) is 3.30. The van der Waals surface area contributed by atoms with Crippen LogP contribution in [0.15, 0.2) is 29.3 Å².